The summed E-state index contributed by atoms with van der Waals surface area (Å²) in [4.78, 5) is 44.1. The number of ether oxygens (including phenoxy) is 1. The highest BCUT2D eigenvalue weighted by Crippen LogP contribution is 2.36. The van der Waals surface area contributed by atoms with Gasteiger partial charge in [-0.25, -0.2) is 9.78 Å². The van der Waals surface area contributed by atoms with Crippen LogP contribution in [-0.2, 0) is 16.1 Å². The normalized spacial score (nSPS) is 19.4. The number of amides is 4. The smallest absolute Gasteiger partial charge is 0.322 e. The monoisotopic (exact) mass is 463 g/mol. The number of fused-ring (bicyclic) bond motifs is 2. The number of rotatable bonds is 6. The average Bonchev–Trinajstić information content (AvgIpc) is 3.41. The number of carbonyl (C=O) groups excluding carboxylic acids is 3. The second-order valence-electron chi connectivity index (χ2n) is 8.03. The van der Waals surface area contributed by atoms with Crippen molar-refractivity contribution in [3.63, 3.8) is 0 Å². The van der Waals surface area contributed by atoms with Crippen molar-refractivity contribution >= 4 is 50.2 Å². The van der Waals surface area contributed by atoms with Crippen molar-refractivity contribution in [3.8, 4) is 5.75 Å². The van der Waals surface area contributed by atoms with Crippen LogP contribution in [0.4, 0.5) is 9.93 Å². The molecule has 33 heavy (non-hydrogen) atoms. The number of nitrogens with zero attached hydrogens (tertiary/aromatic N) is 2. The van der Waals surface area contributed by atoms with E-state index in [2.05, 4.69) is 27.5 Å². The van der Waals surface area contributed by atoms with Crippen LogP contribution >= 0.6 is 11.3 Å². The van der Waals surface area contributed by atoms with Gasteiger partial charge in [-0.15, -0.1) is 0 Å². The van der Waals surface area contributed by atoms with Crippen molar-refractivity contribution < 1.29 is 19.1 Å². The van der Waals surface area contributed by atoms with E-state index in [-0.39, 0.29) is 13.0 Å². The topological polar surface area (TPSA) is 113 Å². The van der Waals surface area contributed by atoms with Crippen LogP contribution in [0.5, 0.6) is 5.75 Å². The first kappa shape index (κ1) is 21.0. The fraction of sp³-hybridized carbons (Fsp3) is 0.217. The number of aromatic nitrogens is 1. The summed E-state index contributed by atoms with van der Waals surface area (Å²) in [7, 11) is 1.59. The molecule has 1 unspecified atom stereocenters. The zero-order valence-corrected chi connectivity index (χ0v) is 18.6. The lowest BCUT2D eigenvalue weighted by Gasteiger charge is -2.31. The van der Waals surface area contributed by atoms with E-state index in [0.29, 0.717) is 23.1 Å². The Kier molecular flexibility index (Phi) is 5.01. The number of hydrogen-bond acceptors (Lipinski definition) is 7. The first-order valence-electron chi connectivity index (χ1n) is 10.3. The van der Waals surface area contributed by atoms with Crippen molar-refractivity contribution in [1.82, 2.24) is 20.5 Å². The number of benzene rings is 2. The highest BCUT2D eigenvalue weighted by Gasteiger charge is 2.49. The Morgan fingerprint density at radius 1 is 1.30 bits per heavy atom. The second-order valence-corrected chi connectivity index (χ2v) is 9.06. The molecular weight excluding hydrogens is 442 g/mol. The van der Waals surface area contributed by atoms with E-state index >= 15 is 0 Å². The Labute approximate surface area is 193 Å². The molecule has 10 heteroatoms. The third kappa shape index (κ3) is 3.78. The molecule has 0 bridgehead atoms. The molecule has 2 aliphatic rings. The lowest BCUT2D eigenvalue weighted by atomic mass is 9.94. The van der Waals surface area contributed by atoms with Crippen LogP contribution in [0.25, 0.3) is 15.9 Å². The van der Waals surface area contributed by atoms with Gasteiger partial charge in [0, 0.05) is 17.8 Å². The molecular formula is C23H21N5O4S. The summed E-state index contributed by atoms with van der Waals surface area (Å²) >= 11 is 1.34. The van der Waals surface area contributed by atoms with E-state index in [1.54, 1.807) is 7.11 Å². The van der Waals surface area contributed by atoms with E-state index < -0.39 is 23.4 Å². The first-order chi connectivity index (χ1) is 15.9. The number of imide groups is 1. The molecule has 0 radical (unpaired) electrons. The van der Waals surface area contributed by atoms with Crippen LogP contribution in [0.2, 0.25) is 0 Å². The summed E-state index contributed by atoms with van der Waals surface area (Å²) in [6, 6.07) is 12.6. The van der Waals surface area contributed by atoms with Crippen molar-refractivity contribution in [2.75, 3.05) is 19.0 Å². The van der Waals surface area contributed by atoms with E-state index in [1.807, 2.05) is 47.4 Å². The fourth-order valence-corrected chi connectivity index (χ4v) is 5.10. The Morgan fingerprint density at radius 2 is 2.12 bits per heavy atom. The summed E-state index contributed by atoms with van der Waals surface area (Å²) in [6.07, 6.45) is -0.246. The van der Waals surface area contributed by atoms with Gasteiger partial charge >= 0.3 is 6.03 Å². The number of para-hydroxylation sites is 1. The third-order valence-electron chi connectivity index (χ3n) is 5.85. The van der Waals surface area contributed by atoms with Crippen LogP contribution < -0.4 is 20.7 Å². The molecule has 3 N–H and O–H groups in total. The van der Waals surface area contributed by atoms with Gasteiger partial charge in [-0.1, -0.05) is 36.1 Å². The minimum absolute atomic E-state index is 0.0909. The number of thiazole rings is 1. The van der Waals surface area contributed by atoms with Crippen LogP contribution in [0.3, 0.4) is 0 Å². The summed E-state index contributed by atoms with van der Waals surface area (Å²) in [5.41, 5.74) is 1.98. The molecule has 0 saturated carbocycles. The number of methoxy groups -OCH3 is 1. The quantitative estimate of drug-likeness (QED) is 0.485. The van der Waals surface area contributed by atoms with E-state index in [9.17, 15) is 14.4 Å². The van der Waals surface area contributed by atoms with E-state index in [4.69, 9.17) is 4.74 Å². The number of anilines is 1. The molecule has 2 aromatic carbocycles. The molecule has 4 amide bonds. The Hall–Kier alpha value is -3.92. The number of nitrogens with one attached hydrogen (secondary N) is 3. The minimum atomic E-state index is -1.44. The Morgan fingerprint density at radius 3 is 2.85 bits per heavy atom. The van der Waals surface area contributed by atoms with Gasteiger partial charge in [0.05, 0.1) is 30.3 Å². The second kappa shape index (κ2) is 7.89. The van der Waals surface area contributed by atoms with Gasteiger partial charge in [0.2, 0.25) is 5.91 Å². The number of urea groups is 1. The average molecular weight is 464 g/mol. The third-order valence-corrected chi connectivity index (χ3v) is 6.80. The SMILES string of the molecule is C=C1c2cc(OC)ccc2CN1CC1(CC(=O)Nc2nc3ccccc3s2)NC(=O)NC1=O. The van der Waals surface area contributed by atoms with Gasteiger partial charge < -0.3 is 20.3 Å². The van der Waals surface area contributed by atoms with Gasteiger partial charge in [-0.2, -0.15) is 0 Å². The Bertz CT molecular complexity index is 1290. The van der Waals surface area contributed by atoms with Crippen molar-refractivity contribution in [2.45, 2.75) is 18.5 Å². The molecule has 168 valence electrons. The maximum Gasteiger partial charge on any atom is 0.322 e. The van der Waals surface area contributed by atoms with Crippen molar-refractivity contribution in [2.24, 2.45) is 0 Å². The van der Waals surface area contributed by atoms with Crippen LogP contribution in [0, 0.1) is 0 Å². The standard InChI is InChI=1S/C23H21N5O4S/c1-13-16-9-15(32-2)8-7-14(16)11-28(13)12-23(20(30)26-21(31)27-23)10-19(29)25-22-24-17-5-3-4-6-18(17)33-22/h3-9H,1,10-12H2,2H3,(H,24,25,29)(H2,26,27,30,31). The molecule has 3 heterocycles. The molecule has 5 rings (SSSR count). The predicted octanol–water partition coefficient (Wildman–Crippen LogP) is 2.70. The zero-order chi connectivity index (χ0) is 23.2. The van der Waals surface area contributed by atoms with Gasteiger partial charge in [0.15, 0.2) is 5.13 Å². The lowest BCUT2D eigenvalue weighted by molar-refractivity contribution is -0.128. The maximum absolute atomic E-state index is 12.9. The summed E-state index contributed by atoms with van der Waals surface area (Å²) in [5, 5.41) is 8.14. The van der Waals surface area contributed by atoms with Crippen LogP contribution in [-0.4, -0.2) is 46.9 Å². The first-order valence-corrected chi connectivity index (χ1v) is 11.1. The molecule has 0 spiro atoms. The molecule has 9 nitrogen and oxygen atoms in total. The zero-order valence-electron chi connectivity index (χ0n) is 17.8. The molecule has 2 aliphatic heterocycles. The molecule has 1 fully saturated rings. The highest BCUT2D eigenvalue weighted by atomic mass is 32.1. The summed E-state index contributed by atoms with van der Waals surface area (Å²) < 4.78 is 6.24. The molecule has 0 aliphatic carbocycles. The molecule has 1 atom stereocenters. The minimum Gasteiger partial charge on any atom is -0.497 e. The van der Waals surface area contributed by atoms with Crippen LogP contribution in [0.1, 0.15) is 17.5 Å². The predicted molar refractivity (Wildman–Crippen MR) is 125 cm³/mol. The van der Waals surface area contributed by atoms with E-state index in [0.717, 1.165) is 21.3 Å². The Balaban J connectivity index is 1.36. The van der Waals surface area contributed by atoms with Crippen LogP contribution in [0.15, 0.2) is 49.0 Å². The largest absolute Gasteiger partial charge is 0.497 e. The number of carbonyl (C=O) groups is 3. The van der Waals surface area contributed by atoms with Gasteiger partial charge in [-0.3, -0.25) is 14.9 Å². The van der Waals surface area contributed by atoms with Crippen molar-refractivity contribution in [3.05, 3.63) is 60.2 Å². The highest BCUT2D eigenvalue weighted by molar-refractivity contribution is 7.22. The maximum atomic E-state index is 12.9. The summed E-state index contributed by atoms with van der Waals surface area (Å²) in [5.74, 6) is -0.266. The van der Waals surface area contributed by atoms with Gasteiger partial charge in [-0.05, 0) is 29.8 Å². The molecule has 1 aromatic heterocycles. The fourth-order valence-electron chi connectivity index (χ4n) is 4.22. The molecule has 3 aromatic rings. The van der Waals surface area contributed by atoms with Gasteiger partial charge in [0.1, 0.15) is 11.3 Å². The van der Waals surface area contributed by atoms with Gasteiger partial charge in [0.25, 0.3) is 5.91 Å². The molecule has 1 saturated heterocycles. The number of hydrogen-bond donors (Lipinski definition) is 3. The lowest BCUT2D eigenvalue weighted by Crippen LogP contribution is -2.56. The van der Waals surface area contributed by atoms with E-state index in [1.165, 1.54) is 11.3 Å². The summed E-state index contributed by atoms with van der Waals surface area (Å²) in [6.45, 7) is 4.75. The van der Waals surface area contributed by atoms with Crippen molar-refractivity contribution in [1.29, 1.82) is 0 Å².